The number of thioether (sulfide) groups is 1. The first kappa shape index (κ1) is 18.1. The summed E-state index contributed by atoms with van der Waals surface area (Å²) in [4.78, 5) is 11.3. The van der Waals surface area contributed by atoms with Crippen LogP contribution in [0.1, 0.15) is 18.4 Å². The van der Waals surface area contributed by atoms with E-state index in [4.69, 9.17) is 15.6 Å². The minimum atomic E-state index is -1.36. The largest absolute Gasteiger partial charge is 0.544 e. The predicted octanol–water partition coefficient (Wildman–Crippen LogP) is 2.29. The lowest BCUT2D eigenvalue weighted by Gasteiger charge is -2.10. The van der Waals surface area contributed by atoms with Crippen molar-refractivity contribution in [1.29, 1.82) is 0 Å². The van der Waals surface area contributed by atoms with Gasteiger partial charge >= 0.3 is 0 Å². The number of rotatable bonds is 7. The molecule has 0 bridgehead atoms. The Balaban J connectivity index is 2.34. The van der Waals surface area contributed by atoms with Gasteiger partial charge in [0.25, 0.3) is 5.22 Å². The van der Waals surface area contributed by atoms with Crippen molar-refractivity contribution in [2.75, 3.05) is 6.61 Å². The van der Waals surface area contributed by atoms with Crippen molar-refractivity contribution < 1.29 is 19.1 Å². The summed E-state index contributed by atoms with van der Waals surface area (Å²) < 4.78 is 11.5. The van der Waals surface area contributed by atoms with Gasteiger partial charge in [-0.15, -0.1) is 16.6 Å². The fraction of sp³-hybridized carbons (Fsp3) is 0.188. The van der Waals surface area contributed by atoms with Crippen LogP contribution in [0, 0.1) is 12.3 Å². The first-order valence-electron chi connectivity index (χ1n) is 6.82. The van der Waals surface area contributed by atoms with E-state index in [-0.39, 0.29) is 16.7 Å². The topological polar surface area (TPSA) is 88.3 Å². The third kappa shape index (κ3) is 4.88. The highest BCUT2D eigenvalue weighted by Gasteiger charge is 2.11. The zero-order valence-corrected chi connectivity index (χ0v) is 15.0. The second-order valence-corrected chi connectivity index (χ2v) is 6.30. The summed E-state index contributed by atoms with van der Waals surface area (Å²) in [5.41, 5.74) is 0.529. The van der Waals surface area contributed by atoms with E-state index in [1.54, 1.807) is 18.2 Å². The number of hydrogen-bond acceptors (Lipinski definition) is 7. The van der Waals surface area contributed by atoms with Crippen LogP contribution in [0.3, 0.4) is 0 Å². The molecular formula is C16H12BrN2O4S-. The van der Waals surface area contributed by atoms with Crippen LogP contribution in [-0.4, -0.2) is 22.8 Å². The summed E-state index contributed by atoms with van der Waals surface area (Å²) >= 11 is 4.15. The zero-order chi connectivity index (χ0) is 17.5. The Bertz CT molecular complexity index is 811. The van der Waals surface area contributed by atoms with Crippen molar-refractivity contribution in [2.24, 2.45) is 0 Å². The number of nitrogens with zero attached hydrogens (tertiary/aromatic N) is 2. The van der Waals surface area contributed by atoms with Crippen molar-refractivity contribution >= 4 is 39.7 Å². The lowest BCUT2D eigenvalue weighted by atomic mass is 10.2. The maximum Gasteiger partial charge on any atom is 0.281 e. The van der Waals surface area contributed by atoms with Crippen molar-refractivity contribution in [1.82, 2.24) is 10.2 Å². The van der Waals surface area contributed by atoms with Crippen LogP contribution in [0.15, 0.2) is 37.2 Å². The van der Waals surface area contributed by atoms with E-state index in [9.17, 15) is 9.90 Å². The first-order chi connectivity index (χ1) is 11.5. The Morgan fingerprint density at radius 3 is 2.96 bits per heavy atom. The van der Waals surface area contributed by atoms with Gasteiger partial charge in [-0.1, -0.05) is 28.8 Å². The summed E-state index contributed by atoms with van der Waals surface area (Å²) in [6.07, 6.45) is 7.16. The molecule has 0 radical (unpaired) electrons. The van der Waals surface area contributed by atoms with Crippen LogP contribution in [-0.2, 0) is 11.2 Å². The molecule has 1 heterocycles. The quantitative estimate of drug-likeness (QED) is 0.395. The predicted molar refractivity (Wildman–Crippen MR) is 91.0 cm³/mol. The fourth-order valence-electron chi connectivity index (χ4n) is 1.67. The fourth-order valence-corrected chi connectivity index (χ4v) is 2.73. The van der Waals surface area contributed by atoms with Gasteiger partial charge in [0.2, 0.25) is 5.89 Å². The van der Waals surface area contributed by atoms with Crippen LogP contribution < -0.4 is 9.84 Å². The van der Waals surface area contributed by atoms with Gasteiger partial charge in [0, 0.05) is 21.4 Å². The molecule has 0 spiro atoms. The molecule has 2 rings (SSSR count). The van der Waals surface area contributed by atoms with Crippen molar-refractivity contribution in [3.8, 4) is 18.1 Å². The maximum absolute atomic E-state index is 11.4. The normalized spacial score (nSPS) is 11.1. The highest BCUT2D eigenvalue weighted by molar-refractivity contribution is 9.10. The Labute approximate surface area is 151 Å². The van der Waals surface area contributed by atoms with E-state index in [0.717, 1.165) is 16.2 Å². The molecule has 0 fully saturated rings. The van der Waals surface area contributed by atoms with Gasteiger partial charge in [0.05, 0.1) is 5.97 Å². The molecule has 24 heavy (non-hydrogen) atoms. The molecule has 0 aliphatic carbocycles. The molecule has 2 aromatic rings. The highest BCUT2D eigenvalue weighted by atomic mass is 79.9. The second kappa shape index (κ2) is 8.57. The minimum Gasteiger partial charge on any atom is -0.544 e. The van der Waals surface area contributed by atoms with Crippen LogP contribution in [0.25, 0.3) is 6.08 Å². The number of carboxylic acid groups (broad SMARTS) is 1. The Morgan fingerprint density at radius 1 is 1.54 bits per heavy atom. The molecule has 0 atom stereocenters. The summed E-state index contributed by atoms with van der Waals surface area (Å²) in [6.45, 7) is 1.92. The summed E-state index contributed by atoms with van der Waals surface area (Å²) in [5, 5.41) is 19.1. The van der Waals surface area contributed by atoms with E-state index in [2.05, 4.69) is 32.0 Å². The van der Waals surface area contributed by atoms with E-state index in [1.807, 2.05) is 6.92 Å². The van der Waals surface area contributed by atoms with Gasteiger partial charge in [0.15, 0.2) is 0 Å². The van der Waals surface area contributed by atoms with E-state index >= 15 is 0 Å². The molecule has 0 aliphatic rings. The number of carboxylic acids is 1. The molecular weight excluding hydrogens is 396 g/mol. The molecule has 0 N–H and O–H groups in total. The van der Waals surface area contributed by atoms with Crippen molar-refractivity contribution in [2.45, 2.75) is 18.6 Å². The third-order valence-electron chi connectivity index (χ3n) is 2.72. The van der Waals surface area contributed by atoms with Gasteiger partial charge in [-0.25, -0.2) is 0 Å². The zero-order valence-electron chi connectivity index (χ0n) is 12.6. The van der Waals surface area contributed by atoms with E-state index in [1.165, 1.54) is 6.08 Å². The summed E-state index contributed by atoms with van der Waals surface area (Å²) in [7, 11) is 0. The van der Waals surface area contributed by atoms with Crippen LogP contribution in [0.4, 0.5) is 0 Å². The molecule has 124 valence electrons. The number of aliphatic carboxylic acids is 1. The van der Waals surface area contributed by atoms with Crippen molar-refractivity contribution in [3.05, 3.63) is 39.0 Å². The third-order valence-corrected chi connectivity index (χ3v) is 4.06. The SMILES string of the molecule is C#CCOc1ccc(Br)cc1/C=C(\Sc1nnc(CC)o1)C(=O)[O-]. The second-order valence-electron chi connectivity index (χ2n) is 4.39. The molecule has 0 saturated heterocycles. The average Bonchev–Trinajstić information content (AvgIpc) is 3.01. The monoisotopic (exact) mass is 407 g/mol. The first-order valence-corrected chi connectivity index (χ1v) is 8.43. The van der Waals surface area contributed by atoms with Gasteiger partial charge in [-0.3, -0.25) is 0 Å². The molecule has 1 aromatic carbocycles. The van der Waals surface area contributed by atoms with Crippen LogP contribution >= 0.6 is 27.7 Å². The standard InChI is InChI=1S/C16H13BrN2O4S/c1-3-7-22-12-6-5-11(17)8-10(12)9-13(15(20)21)24-16-19-18-14(4-2)23-16/h1,5-6,8-9H,4,7H2,2H3,(H,20,21)/p-1/b13-9-. The maximum atomic E-state index is 11.4. The highest BCUT2D eigenvalue weighted by Crippen LogP contribution is 2.31. The van der Waals surface area contributed by atoms with Gasteiger partial charge in [0.1, 0.15) is 12.4 Å². The molecule has 8 heteroatoms. The number of carbonyl (C=O) groups is 1. The lowest BCUT2D eigenvalue weighted by molar-refractivity contribution is -0.298. The number of hydrogen-bond donors (Lipinski definition) is 0. The number of benzene rings is 1. The van der Waals surface area contributed by atoms with Crippen LogP contribution in [0.5, 0.6) is 5.75 Å². The molecule has 6 nitrogen and oxygen atoms in total. The van der Waals surface area contributed by atoms with Gasteiger partial charge in [-0.2, -0.15) is 0 Å². The number of halogens is 1. The Hall–Kier alpha value is -2.24. The number of aromatic nitrogens is 2. The van der Waals surface area contributed by atoms with Crippen LogP contribution in [0.2, 0.25) is 0 Å². The lowest BCUT2D eigenvalue weighted by Crippen LogP contribution is -2.23. The molecule has 0 aliphatic heterocycles. The molecule has 0 saturated carbocycles. The molecule has 0 unspecified atom stereocenters. The molecule has 1 aromatic heterocycles. The minimum absolute atomic E-state index is 0.0692. The average molecular weight is 408 g/mol. The Kier molecular flexibility index (Phi) is 6.46. The van der Waals surface area contributed by atoms with Gasteiger partial charge < -0.3 is 19.1 Å². The molecule has 0 amide bonds. The summed E-state index contributed by atoms with van der Waals surface area (Å²) in [5.74, 6) is 1.88. The van der Waals surface area contributed by atoms with E-state index in [0.29, 0.717) is 23.6 Å². The number of terminal acetylenes is 1. The number of aryl methyl sites for hydroxylation is 1. The number of ether oxygens (including phenoxy) is 1. The Morgan fingerprint density at radius 2 is 2.33 bits per heavy atom. The van der Waals surface area contributed by atoms with Crippen molar-refractivity contribution in [3.63, 3.8) is 0 Å². The number of carbonyl (C=O) groups excluding carboxylic acids is 1. The smallest absolute Gasteiger partial charge is 0.281 e. The van der Waals surface area contributed by atoms with E-state index < -0.39 is 5.97 Å². The summed E-state index contributed by atoms with van der Waals surface area (Å²) in [6, 6.07) is 5.16. The van der Waals surface area contributed by atoms with Gasteiger partial charge in [-0.05, 0) is 36.0 Å².